The van der Waals surface area contributed by atoms with E-state index in [-0.39, 0.29) is 16.9 Å². The summed E-state index contributed by atoms with van der Waals surface area (Å²) in [4.78, 5) is 20.0. The highest BCUT2D eigenvalue weighted by molar-refractivity contribution is 7.86. The van der Waals surface area contributed by atoms with Crippen molar-refractivity contribution in [3.05, 3.63) is 47.6 Å². The summed E-state index contributed by atoms with van der Waals surface area (Å²) < 4.78 is 21.9. The van der Waals surface area contributed by atoms with E-state index in [1.807, 2.05) is 18.2 Å². The number of benzene rings is 1. The van der Waals surface area contributed by atoms with E-state index in [2.05, 4.69) is 19.9 Å². The highest BCUT2D eigenvalue weighted by Crippen LogP contribution is 2.36. The number of halogens is 1. The molecular weight excluding hydrogens is 472 g/mol. The number of rotatable bonds is 6. The van der Waals surface area contributed by atoms with E-state index in [9.17, 15) is 9.00 Å². The second-order valence-electron chi connectivity index (χ2n) is 9.08. The van der Waals surface area contributed by atoms with E-state index < -0.39 is 11.0 Å². The van der Waals surface area contributed by atoms with Crippen molar-refractivity contribution in [2.24, 2.45) is 5.92 Å². The molecule has 0 radical (unpaired) electrons. The van der Waals surface area contributed by atoms with Gasteiger partial charge in [0, 0.05) is 23.5 Å². The molecule has 1 aromatic carbocycles. The van der Waals surface area contributed by atoms with E-state index >= 15 is 0 Å². The van der Waals surface area contributed by atoms with Crippen LogP contribution in [-0.4, -0.2) is 39.1 Å². The third kappa shape index (κ3) is 5.14. The van der Waals surface area contributed by atoms with Gasteiger partial charge in [0.1, 0.15) is 17.1 Å². The molecule has 2 aromatic heterocycles. The van der Waals surface area contributed by atoms with E-state index in [1.54, 1.807) is 18.2 Å². The number of nitrogens with zero attached hydrogens (tertiary/aromatic N) is 2. The number of aromatic nitrogens is 1. The molecule has 1 aliphatic carbocycles. The Labute approximate surface area is 206 Å². The van der Waals surface area contributed by atoms with Gasteiger partial charge in [-0.15, -0.1) is 0 Å². The van der Waals surface area contributed by atoms with Gasteiger partial charge in [-0.3, -0.25) is 9.52 Å². The highest BCUT2D eigenvalue weighted by Gasteiger charge is 2.31. The molecule has 9 heteroatoms. The predicted octanol–water partition coefficient (Wildman–Crippen LogP) is 5.60. The van der Waals surface area contributed by atoms with Crippen LogP contribution in [0.5, 0.6) is 0 Å². The van der Waals surface area contributed by atoms with Gasteiger partial charge >= 0.3 is 0 Å². The summed E-state index contributed by atoms with van der Waals surface area (Å²) in [5.41, 5.74) is 1.03. The molecule has 2 fully saturated rings. The molecule has 1 amide bonds. The van der Waals surface area contributed by atoms with Gasteiger partial charge in [0.15, 0.2) is 11.0 Å². The number of amides is 1. The van der Waals surface area contributed by atoms with Crippen molar-refractivity contribution >= 4 is 51.0 Å². The fraction of sp³-hybridized carbons (Fsp3) is 0.440. The van der Waals surface area contributed by atoms with Gasteiger partial charge in [0.2, 0.25) is 11.0 Å². The number of nitrogens with one attached hydrogen (secondary N) is 2. The standard InChI is InChI=1S/C25H29ClN4O3S/c26-18-10-13-22(27-16-18)29-34(32)25-23(20-6-2-3-7-21(20)33-25)28-24(31)17-8-11-19(12-9-17)30-14-4-1-5-15-30/h2-3,6-7,10,13,16-17,19H,1,4-5,8-9,11-12,14-15H2,(H,27,29)(H,28,31). The maximum atomic E-state index is 13.2. The summed E-state index contributed by atoms with van der Waals surface area (Å²) >= 11 is 5.89. The molecule has 3 aromatic rings. The quantitative estimate of drug-likeness (QED) is 0.460. The molecule has 34 heavy (non-hydrogen) atoms. The topological polar surface area (TPSA) is 87.5 Å². The lowest BCUT2D eigenvalue weighted by molar-refractivity contribution is -0.121. The number of pyridine rings is 1. The van der Waals surface area contributed by atoms with Crippen LogP contribution < -0.4 is 10.0 Å². The third-order valence-electron chi connectivity index (χ3n) is 6.88. The summed E-state index contributed by atoms with van der Waals surface area (Å²) in [7, 11) is -1.76. The lowest BCUT2D eigenvalue weighted by Gasteiger charge is -2.38. The smallest absolute Gasteiger partial charge is 0.235 e. The molecule has 1 aliphatic heterocycles. The number of likely N-dealkylation sites (tertiary alicyclic amines) is 1. The van der Waals surface area contributed by atoms with Gasteiger partial charge in [-0.1, -0.05) is 30.2 Å². The number of carbonyl (C=O) groups is 1. The maximum absolute atomic E-state index is 13.2. The second-order valence-corrected chi connectivity index (χ2v) is 10.6. The van der Waals surface area contributed by atoms with Crippen molar-refractivity contribution < 1.29 is 13.4 Å². The molecule has 2 aliphatic rings. The lowest BCUT2D eigenvalue weighted by atomic mass is 9.84. The molecule has 5 rings (SSSR count). The Morgan fingerprint density at radius 1 is 1.06 bits per heavy atom. The minimum atomic E-state index is -1.76. The zero-order valence-electron chi connectivity index (χ0n) is 19.0. The molecule has 7 nitrogen and oxygen atoms in total. The van der Waals surface area contributed by atoms with Gasteiger partial charge in [0.25, 0.3) is 0 Å². The van der Waals surface area contributed by atoms with E-state index in [0.717, 1.165) is 31.1 Å². The summed E-state index contributed by atoms with van der Waals surface area (Å²) in [6.45, 7) is 2.38. The van der Waals surface area contributed by atoms with Crippen molar-refractivity contribution in [1.29, 1.82) is 0 Å². The Hall–Kier alpha value is -2.42. The lowest BCUT2D eigenvalue weighted by Crippen LogP contribution is -2.42. The van der Waals surface area contributed by atoms with Crippen LogP contribution in [0.2, 0.25) is 5.02 Å². The first kappa shape index (κ1) is 23.3. The van der Waals surface area contributed by atoms with Crippen molar-refractivity contribution in [1.82, 2.24) is 9.88 Å². The fourth-order valence-electron chi connectivity index (χ4n) is 5.06. The minimum Gasteiger partial charge on any atom is -0.443 e. The van der Waals surface area contributed by atoms with Crippen LogP contribution in [0.3, 0.4) is 0 Å². The number of hydrogen-bond acceptors (Lipinski definition) is 5. The summed E-state index contributed by atoms with van der Waals surface area (Å²) in [5, 5.41) is 4.44. The molecule has 3 heterocycles. The average molecular weight is 501 g/mol. The normalized spacial score (nSPS) is 22.4. The van der Waals surface area contributed by atoms with Gasteiger partial charge < -0.3 is 14.6 Å². The number of hydrogen-bond donors (Lipinski definition) is 2. The number of fused-ring (bicyclic) bond motifs is 1. The van der Waals surface area contributed by atoms with Gasteiger partial charge in [-0.25, -0.2) is 9.19 Å². The number of carbonyl (C=O) groups excluding carboxylic acids is 1. The molecule has 1 unspecified atom stereocenters. The van der Waals surface area contributed by atoms with Gasteiger partial charge in [0.05, 0.1) is 5.02 Å². The minimum absolute atomic E-state index is 0.0356. The van der Waals surface area contributed by atoms with Crippen LogP contribution in [0.15, 0.2) is 52.1 Å². The largest absolute Gasteiger partial charge is 0.443 e. The molecule has 180 valence electrons. The number of anilines is 2. The Balaban J connectivity index is 1.30. The molecule has 1 saturated heterocycles. The number of piperidine rings is 1. The Kier molecular flexibility index (Phi) is 7.18. The zero-order chi connectivity index (χ0) is 23.5. The third-order valence-corrected chi connectivity index (χ3v) is 8.12. The monoisotopic (exact) mass is 500 g/mol. The summed E-state index contributed by atoms with van der Waals surface area (Å²) in [5.74, 6) is 0.310. The Bertz CT molecular complexity index is 1170. The van der Waals surface area contributed by atoms with Crippen LogP contribution in [0.25, 0.3) is 11.0 Å². The van der Waals surface area contributed by atoms with E-state index in [4.69, 9.17) is 16.0 Å². The molecule has 0 spiro atoms. The molecule has 1 atom stereocenters. The number of para-hydroxylation sites is 1. The summed E-state index contributed by atoms with van der Waals surface area (Å²) in [6, 6.07) is 11.3. The highest BCUT2D eigenvalue weighted by atomic mass is 35.5. The van der Waals surface area contributed by atoms with Gasteiger partial charge in [-0.2, -0.15) is 0 Å². The Morgan fingerprint density at radius 2 is 1.82 bits per heavy atom. The molecular formula is C25H29ClN4O3S. The van der Waals surface area contributed by atoms with Crippen LogP contribution in [-0.2, 0) is 15.8 Å². The van der Waals surface area contributed by atoms with Crippen molar-refractivity contribution in [3.63, 3.8) is 0 Å². The molecule has 0 bridgehead atoms. The first-order chi connectivity index (χ1) is 16.6. The van der Waals surface area contributed by atoms with Crippen LogP contribution in [0.1, 0.15) is 44.9 Å². The molecule has 2 N–H and O–H groups in total. The molecule has 1 saturated carbocycles. The van der Waals surface area contributed by atoms with Crippen molar-refractivity contribution in [2.75, 3.05) is 23.1 Å². The van der Waals surface area contributed by atoms with Crippen LogP contribution in [0.4, 0.5) is 11.5 Å². The number of furan rings is 1. The van der Waals surface area contributed by atoms with Crippen molar-refractivity contribution in [2.45, 2.75) is 56.1 Å². The maximum Gasteiger partial charge on any atom is 0.235 e. The van der Waals surface area contributed by atoms with Crippen LogP contribution >= 0.6 is 11.6 Å². The van der Waals surface area contributed by atoms with Crippen LogP contribution in [0, 0.1) is 5.92 Å². The first-order valence-corrected chi connectivity index (χ1v) is 13.5. The fourth-order valence-corrected chi connectivity index (χ4v) is 6.09. The predicted molar refractivity (Wildman–Crippen MR) is 135 cm³/mol. The second kappa shape index (κ2) is 10.5. The summed E-state index contributed by atoms with van der Waals surface area (Å²) in [6.07, 6.45) is 9.21. The Morgan fingerprint density at radius 3 is 2.56 bits per heavy atom. The first-order valence-electron chi connectivity index (χ1n) is 11.9. The average Bonchev–Trinajstić information content (AvgIpc) is 3.24. The zero-order valence-corrected chi connectivity index (χ0v) is 20.5. The SMILES string of the molecule is O=C(Nc1c(S(=O)Nc2ccc(Cl)cn2)oc2ccccc12)C1CCC(N2CCCCC2)CC1. The van der Waals surface area contributed by atoms with Gasteiger partial charge in [-0.05, 0) is 75.9 Å². The van der Waals surface area contributed by atoms with E-state index in [0.29, 0.717) is 28.2 Å². The van der Waals surface area contributed by atoms with Crippen molar-refractivity contribution in [3.8, 4) is 0 Å². The van der Waals surface area contributed by atoms with E-state index in [1.165, 1.54) is 38.5 Å².